The summed E-state index contributed by atoms with van der Waals surface area (Å²) in [6.07, 6.45) is 3.73. The van der Waals surface area contributed by atoms with E-state index in [9.17, 15) is 4.79 Å². The second-order valence-corrected chi connectivity index (χ2v) is 5.74. The van der Waals surface area contributed by atoms with Crippen LogP contribution in [-0.4, -0.2) is 33.8 Å². The van der Waals surface area contributed by atoms with E-state index in [4.69, 9.17) is 4.74 Å². The monoisotopic (exact) mass is 280 g/mol. The molecule has 1 aromatic heterocycles. The molecule has 6 heteroatoms. The van der Waals surface area contributed by atoms with Crippen molar-refractivity contribution in [3.05, 3.63) is 11.6 Å². The molecule has 1 saturated heterocycles. The maximum absolute atomic E-state index is 12.1. The maximum Gasteiger partial charge on any atom is 0.220 e. The van der Waals surface area contributed by atoms with Gasteiger partial charge in [0.2, 0.25) is 5.91 Å². The van der Waals surface area contributed by atoms with Crippen LogP contribution < -0.4 is 5.32 Å². The number of amides is 1. The van der Waals surface area contributed by atoms with Crippen LogP contribution in [0.1, 0.15) is 57.2 Å². The zero-order valence-corrected chi connectivity index (χ0v) is 12.5. The first-order valence-electron chi connectivity index (χ1n) is 7.36. The molecule has 0 bridgehead atoms. The number of aryl methyl sites for hydroxylation is 1. The summed E-state index contributed by atoms with van der Waals surface area (Å²) >= 11 is 0. The second-order valence-electron chi connectivity index (χ2n) is 5.74. The van der Waals surface area contributed by atoms with E-state index in [1.165, 1.54) is 0 Å². The number of hydrogen-bond donors (Lipinski definition) is 2. The van der Waals surface area contributed by atoms with E-state index in [2.05, 4.69) is 34.3 Å². The van der Waals surface area contributed by atoms with Gasteiger partial charge in [-0.3, -0.25) is 9.89 Å². The Hall–Kier alpha value is -1.43. The Morgan fingerprint density at radius 3 is 2.90 bits per heavy atom. The number of nitrogens with one attached hydrogen (secondary N) is 2. The number of H-pyrrole nitrogens is 1. The number of aromatic amines is 1. The Morgan fingerprint density at radius 2 is 2.35 bits per heavy atom. The predicted octanol–water partition coefficient (Wildman–Crippen LogP) is 1.89. The molecule has 0 radical (unpaired) electrons. The van der Waals surface area contributed by atoms with Gasteiger partial charge in [0.15, 0.2) is 5.82 Å². The van der Waals surface area contributed by atoms with Crippen LogP contribution in [-0.2, 0) is 9.53 Å². The van der Waals surface area contributed by atoms with Crippen molar-refractivity contribution in [2.45, 2.75) is 58.6 Å². The molecule has 0 saturated carbocycles. The summed E-state index contributed by atoms with van der Waals surface area (Å²) in [4.78, 5) is 16.4. The van der Waals surface area contributed by atoms with E-state index in [0.29, 0.717) is 12.2 Å². The SMILES string of the molecule is Cc1nc([C@@H](NC(=O)CC[C@H]2CCCO2)C(C)C)n[nH]1. The summed E-state index contributed by atoms with van der Waals surface area (Å²) < 4.78 is 5.53. The fraction of sp³-hybridized carbons (Fsp3) is 0.786. The number of ether oxygens (including phenoxy) is 1. The molecule has 0 spiro atoms. The Labute approximate surface area is 119 Å². The first-order valence-corrected chi connectivity index (χ1v) is 7.36. The lowest BCUT2D eigenvalue weighted by Gasteiger charge is -2.19. The molecule has 6 nitrogen and oxygen atoms in total. The molecule has 2 heterocycles. The van der Waals surface area contributed by atoms with Gasteiger partial charge in [0.1, 0.15) is 5.82 Å². The molecule has 2 N–H and O–H groups in total. The van der Waals surface area contributed by atoms with Gasteiger partial charge in [-0.1, -0.05) is 13.8 Å². The van der Waals surface area contributed by atoms with Crippen molar-refractivity contribution in [1.29, 1.82) is 0 Å². The normalized spacial score (nSPS) is 20.3. The summed E-state index contributed by atoms with van der Waals surface area (Å²) in [5.74, 6) is 1.71. The zero-order chi connectivity index (χ0) is 14.5. The van der Waals surface area contributed by atoms with Crippen LogP contribution in [0.2, 0.25) is 0 Å². The highest BCUT2D eigenvalue weighted by molar-refractivity contribution is 5.76. The van der Waals surface area contributed by atoms with E-state index in [0.717, 1.165) is 31.7 Å². The number of nitrogens with zero attached hydrogens (tertiary/aromatic N) is 2. The van der Waals surface area contributed by atoms with Crippen LogP contribution in [0.3, 0.4) is 0 Å². The highest BCUT2D eigenvalue weighted by Crippen LogP contribution is 2.20. The summed E-state index contributed by atoms with van der Waals surface area (Å²) in [6, 6.07) is -0.142. The van der Waals surface area contributed by atoms with Crippen molar-refractivity contribution in [1.82, 2.24) is 20.5 Å². The van der Waals surface area contributed by atoms with E-state index in [1.54, 1.807) is 0 Å². The van der Waals surface area contributed by atoms with E-state index < -0.39 is 0 Å². The van der Waals surface area contributed by atoms with Gasteiger partial charge in [0, 0.05) is 13.0 Å². The average molecular weight is 280 g/mol. The van der Waals surface area contributed by atoms with Gasteiger partial charge in [-0.2, -0.15) is 5.10 Å². The molecule has 0 unspecified atom stereocenters. The van der Waals surface area contributed by atoms with Gasteiger partial charge in [-0.15, -0.1) is 0 Å². The quantitative estimate of drug-likeness (QED) is 0.834. The molecule has 2 atom stereocenters. The molecule has 0 aromatic carbocycles. The highest BCUT2D eigenvalue weighted by atomic mass is 16.5. The smallest absolute Gasteiger partial charge is 0.220 e. The Balaban J connectivity index is 1.85. The first-order chi connectivity index (χ1) is 9.56. The molecule has 1 fully saturated rings. The molecule has 0 aliphatic carbocycles. The van der Waals surface area contributed by atoms with Gasteiger partial charge in [0.25, 0.3) is 0 Å². The van der Waals surface area contributed by atoms with Crippen molar-refractivity contribution in [2.75, 3.05) is 6.61 Å². The van der Waals surface area contributed by atoms with Crippen LogP contribution in [0, 0.1) is 12.8 Å². The molecule has 2 rings (SSSR count). The maximum atomic E-state index is 12.1. The highest BCUT2D eigenvalue weighted by Gasteiger charge is 2.23. The van der Waals surface area contributed by atoms with Gasteiger partial charge < -0.3 is 10.1 Å². The third kappa shape index (κ3) is 4.03. The molecular weight excluding hydrogens is 256 g/mol. The topological polar surface area (TPSA) is 79.9 Å². The Kier molecular flexibility index (Phi) is 5.11. The third-order valence-electron chi connectivity index (χ3n) is 3.59. The largest absolute Gasteiger partial charge is 0.378 e. The van der Waals surface area contributed by atoms with Gasteiger partial charge in [0.05, 0.1) is 12.1 Å². The molecule has 1 aliphatic rings. The van der Waals surface area contributed by atoms with Crippen LogP contribution in [0.25, 0.3) is 0 Å². The lowest BCUT2D eigenvalue weighted by atomic mass is 10.0. The number of carbonyl (C=O) groups is 1. The van der Waals surface area contributed by atoms with Crippen molar-refractivity contribution in [2.24, 2.45) is 5.92 Å². The summed E-state index contributed by atoms with van der Waals surface area (Å²) in [7, 11) is 0. The van der Waals surface area contributed by atoms with Crippen molar-refractivity contribution >= 4 is 5.91 Å². The van der Waals surface area contributed by atoms with Crippen molar-refractivity contribution in [3.63, 3.8) is 0 Å². The number of hydrogen-bond acceptors (Lipinski definition) is 4. The molecule has 112 valence electrons. The summed E-state index contributed by atoms with van der Waals surface area (Å²) in [6.45, 7) is 6.79. The minimum Gasteiger partial charge on any atom is -0.378 e. The lowest BCUT2D eigenvalue weighted by molar-refractivity contribution is -0.122. The number of rotatable bonds is 6. The standard InChI is InChI=1S/C14H24N4O2/c1-9(2)13(14-15-10(3)17-18-14)16-12(19)7-6-11-5-4-8-20-11/h9,11,13H,4-8H2,1-3H3,(H,16,19)(H,15,17,18)/t11-,13+/m1/s1. The van der Waals surface area contributed by atoms with Crippen molar-refractivity contribution in [3.8, 4) is 0 Å². The fourth-order valence-corrected chi connectivity index (χ4v) is 2.44. The van der Waals surface area contributed by atoms with Crippen LogP contribution >= 0.6 is 0 Å². The molecule has 20 heavy (non-hydrogen) atoms. The van der Waals surface area contributed by atoms with Gasteiger partial charge in [-0.05, 0) is 32.1 Å². The van der Waals surface area contributed by atoms with E-state index in [1.807, 2.05) is 6.92 Å². The first kappa shape index (κ1) is 15.0. The molecule has 1 amide bonds. The molecule has 1 aliphatic heterocycles. The average Bonchev–Trinajstić information content (AvgIpc) is 3.04. The number of aromatic nitrogens is 3. The Bertz CT molecular complexity index is 438. The second kappa shape index (κ2) is 6.83. The summed E-state index contributed by atoms with van der Waals surface area (Å²) in [5, 5.41) is 10.0. The number of carbonyl (C=O) groups excluding carboxylic acids is 1. The third-order valence-corrected chi connectivity index (χ3v) is 3.59. The van der Waals surface area contributed by atoms with Gasteiger partial charge >= 0.3 is 0 Å². The van der Waals surface area contributed by atoms with Gasteiger partial charge in [-0.25, -0.2) is 4.98 Å². The van der Waals surface area contributed by atoms with E-state index in [-0.39, 0.29) is 24.0 Å². The minimum atomic E-state index is -0.142. The fourth-order valence-electron chi connectivity index (χ4n) is 2.44. The lowest BCUT2D eigenvalue weighted by Crippen LogP contribution is -2.33. The van der Waals surface area contributed by atoms with Crippen molar-refractivity contribution < 1.29 is 9.53 Å². The molecule has 1 aromatic rings. The van der Waals surface area contributed by atoms with Crippen LogP contribution in [0.5, 0.6) is 0 Å². The van der Waals surface area contributed by atoms with E-state index >= 15 is 0 Å². The van der Waals surface area contributed by atoms with Crippen LogP contribution in [0.4, 0.5) is 0 Å². The summed E-state index contributed by atoms with van der Waals surface area (Å²) in [5.41, 5.74) is 0. The van der Waals surface area contributed by atoms with Crippen LogP contribution in [0.15, 0.2) is 0 Å². The zero-order valence-electron chi connectivity index (χ0n) is 12.5. The minimum absolute atomic E-state index is 0.0432. The molecular formula is C14H24N4O2. The predicted molar refractivity (Wildman–Crippen MR) is 75.0 cm³/mol. The Morgan fingerprint density at radius 1 is 1.55 bits per heavy atom.